The molecular weight excluding hydrogens is 977 g/mol. The van der Waals surface area contributed by atoms with Crippen LogP contribution in [0.4, 0.5) is 65.5 Å². The lowest BCUT2D eigenvalue weighted by molar-refractivity contribution is -0.138. The molecule has 75 heavy (non-hydrogen) atoms. The summed E-state index contributed by atoms with van der Waals surface area (Å²) < 4.78 is 84.6. The van der Waals surface area contributed by atoms with Gasteiger partial charge in [0.05, 0.1) is 40.1 Å². The predicted molar refractivity (Wildman–Crippen MR) is 282 cm³/mol. The minimum Gasteiger partial charge on any atom is -0.444 e. The fourth-order valence-electron chi connectivity index (χ4n) is 8.64. The number of nitrogens with zero attached hydrogens (tertiary/aromatic N) is 8. The Bertz CT molecular complexity index is 2980. The molecule has 0 saturated carbocycles. The molecule has 0 fully saturated rings. The highest BCUT2D eigenvalue weighted by Gasteiger charge is 2.32. The predicted octanol–water partition coefficient (Wildman–Crippen LogP) is 12.1. The first kappa shape index (κ1) is 54.8. The van der Waals surface area contributed by atoms with Crippen molar-refractivity contribution >= 4 is 46.8 Å². The average Bonchev–Trinajstić information content (AvgIpc) is 3.95. The molecule has 6 heterocycles. The zero-order valence-electron chi connectivity index (χ0n) is 41.8. The van der Waals surface area contributed by atoms with Gasteiger partial charge in [-0.15, -0.1) is 0 Å². The van der Waals surface area contributed by atoms with E-state index in [4.69, 9.17) is 15.1 Å². The molecule has 0 aliphatic carbocycles. The third-order valence-electron chi connectivity index (χ3n) is 12.6. The summed E-state index contributed by atoms with van der Waals surface area (Å²) in [5, 5.41) is 5.49. The number of fused-ring (bicyclic) bond motifs is 2. The van der Waals surface area contributed by atoms with E-state index in [0.717, 1.165) is 116 Å². The van der Waals surface area contributed by atoms with Gasteiger partial charge < -0.3 is 35.5 Å². The van der Waals surface area contributed by atoms with E-state index in [1.807, 2.05) is 51.4 Å². The number of urea groups is 1. The van der Waals surface area contributed by atoms with E-state index in [2.05, 4.69) is 40.3 Å². The number of hydrogen-bond donors (Lipinski definition) is 3. The fourth-order valence-corrected chi connectivity index (χ4v) is 8.64. The molecule has 7 aromatic rings. The number of nitrogens with one attached hydrogen (secondary N) is 2. The minimum absolute atomic E-state index is 0.322. The molecule has 4 N–H and O–H groups in total. The van der Waals surface area contributed by atoms with Gasteiger partial charge in [-0.2, -0.15) is 26.3 Å². The molecule has 0 atom stereocenters. The monoisotopic (exact) mass is 1040 g/mol. The first-order valence-electron chi connectivity index (χ1n) is 24.5. The number of anilines is 6. The van der Waals surface area contributed by atoms with Crippen molar-refractivity contribution in [2.45, 2.75) is 57.8 Å². The van der Waals surface area contributed by atoms with Gasteiger partial charge in [0.15, 0.2) is 23.8 Å². The van der Waals surface area contributed by atoms with Crippen LogP contribution in [0.2, 0.25) is 0 Å². The van der Waals surface area contributed by atoms with Crippen molar-refractivity contribution in [3.05, 3.63) is 145 Å². The standard InChI is InChI=1S/C31H33F3N6O2.C18H20F3N3.C6H6N2O/c1-2-39-15-3-4-16-40(29-27(39)13-12-26(38-29)22-7-5-9-23(17-22)31(32,33)34)30(41)37-24-11-10-21(8-6-14-35)25(18-24)28-19-36-20-42-28;1-23-10-3-4-11-24(2)17-16(23)9-8-15(22-17)13-6-5-7-14(12-13)18(19,20)21;9-5-8-6-1-3-7-4-2-6/h5,7,9-13,17-20H,2-4,6,8,14-16,35H2,1H3,(H,37,41);5-9,12H,3-4,10-11H2,1-2H3;1-5H,(H,7,8,9). The lowest BCUT2D eigenvalue weighted by atomic mass is 10.0. The van der Waals surface area contributed by atoms with Gasteiger partial charge in [0.1, 0.15) is 0 Å². The Kier molecular flexibility index (Phi) is 18.5. The summed E-state index contributed by atoms with van der Waals surface area (Å²) in [6.45, 7) is 6.29. The van der Waals surface area contributed by atoms with Gasteiger partial charge in [-0.05, 0) is 130 Å². The van der Waals surface area contributed by atoms with Crippen molar-refractivity contribution in [1.82, 2.24) is 19.9 Å². The number of aromatic nitrogens is 4. The van der Waals surface area contributed by atoms with Gasteiger partial charge in [-0.25, -0.2) is 19.7 Å². The highest BCUT2D eigenvalue weighted by molar-refractivity contribution is 6.03. The Labute approximate surface area is 431 Å². The number of nitrogens with two attached hydrogens (primary N) is 1. The van der Waals surface area contributed by atoms with Crippen LogP contribution in [-0.2, 0) is 23.6 Å². The largest absolute Gasteiger partial charge is 0.444 e. The Hall–Kier alpha value is -8.00. The first-order chi connectivity index (χ1) is 36.1. The van der Waals surface area contributed by atoms with Crippen molar-refractivity contribution in [3.8, 4) is 33.8 Å². The molecule has 9 rings (SSSR count). The third kappa shape index (κ3) is 14.4. The number of rotatable bonds is 10. The molecule has 2 aliphatic rings. The molecule has 394 valence electrons. The minimum atomic E-state index is -4.48. The highest BCUT2D eigenvalue weighted by Crippen LogP contribution is 2.38. The van der Waals surface area contributed by atoms with Gasteiger partial charge in [0, 0.05) is 87.3 Å². The molecule has 0 unspecified atom stereocenters. The Morgan fingerprint density at radius 1 is 0.707 bits per heavy atom. The number of pyridine rings is 3. The van der Waals surface area contributed by atoms with Crippen LogP contribution in [0.25, 0.3) is 33.8 Å². The van der Waals surface area contributed by atoms with Crippen molar-refractivity contribution in [2.24, 2.45) is 5.73 Å². The van der Waals surface area contributed by atoms with E-state index in [0.29, 0.717) is 65.8 Å². The lowest BCUT2D eigenvalue weighted by Crippen LogP contribution is -2.40. The summed E-state index contributed by atoms with van der Waals surface area (Å²) in [5.41, 5.74) is 10.9. The van der Waals surface area contributed by atoms with Crippen LogP contribution >= 0.6 is 0 Å². The normalized spacial score (nSPS) is 13.8. The van der Waals surface area contributed by atoms with Gasteiger partial charge in [-0.1, -0.05) is 30.3 Å². The number of hydrogen-bond acceptors (Lipinski definition) is 11. The van der Waals surface area contributed by atoms with Crippen LogP contribution in [0.5, 0.6) is 0 Å². The molecule has 0 radical (unpaired) electrons. The smallest absolute Gasteiger partial charge is 0.416 e. The maximum Gasteiger partial charge on any atom is 0.416 e. The van der Waals surface area contributed by atoms with Crippen molar-refractivity contribution in [1.29, 1.82) is 0 Å². The molecule has 0 spiro atoms. The van der Waals surface area contributed by atoms with Gasteiger partial charge in [0.2, 0.25) is 6.41 Å². The first-order valence-corrected chi connectivity index (χ1v) is 24.5. The number of alkyl halides is 6. The van der Waals surface area contributed by atoms with Gasteiger partial charge in [-0.3, -0.25) is 14.7 Å². The molecule has 20 heteroatoms. The molecule has 3 amide bonds. The molecule has 14 nitrogen and oxygen atoms in total. The van der Waals surface area contributed by atoms with Crippen LogP contribution in [0, 0.1) is 0 Å². The van der Waals surface area contributed by atoms with Crippen LogP contribution in [0.1, 0.15) is 55.7 Å². The molecule has 2 aliphatic heterocycles. The van der Waals surface area contributed by atoms with E-state index < -0.39 is 23.5 Å². The van der Waals surface area contributed by atoms with Crippen LogP contribution in [0.15, 0.2) is 133 Å². The SMILES string of the molecule is CCN1CCCCN(C(=O)Nc2ccc(CCCN)c(-c3cnco3)c2)c2nc(-c3cccc(C(F)(F)F)c3)ccc21.CN1CCCCN(C)c2nc(-c3cccc(C(F)(F)F)c3)ccc21.O=CNc1ccncc1. The third-order valence-corrected chi connectivity index (χ3v) is 12.6. The number of halogens is 6. The Balaban J connectivity index is 0.000000207. The van der Waals surface area contributed by atoms with E-state index in [1.165, 1.54) is 18.5 Å². The number of carbonyl (C=O) groups excluding carboxylic acids is 2. The number of amides is 3. The quantitative estimate of drug-likeness (QED) is 0.0883. The van der Waals surface area contributed by atoms with Crippen molar-refractivity contribution in [3.63, 3.8) is 0 Å². The maximum atomic E-state index is 13.8. The molecular formula is C55H59F6N11O3. The maximum absolute atomic E-state index is 13.8. The molecule has 0 bridgehead atoms. The topological polar surface area (TPSA) is 162 Å². The second-order valence-electron chi connectivity index (χ2n) is 17.8. The van der Waals surface area contributed by atoms with Crippen LogP contribution in [-0.4, -0.2) is 85.7 Å². The molecule has 3 aromatic carbocycles. The zero-order chi connectivity index (χ0) is 53.5. The average molecular weight is 1040 g/mol. The highest BCUT2D eigenvalue weighted by atomic mass is 19.4. The van der Waals surface area contributed by atoms with Crippen LogP contribution in [0.3, 0.4) is 0 Å². The zero-order valence-corrected chi connectivity index (χ0v) is 41.8. The summed E-state index contributed by atoms with van der Waals surface area (Å²) >= 11 is 0. The summed E-state index contributed by atoms with van der Waals surface area (Å²) in [7, 11) is 3.99. The lowest BCUT2D eigenvalue weighted by Gasteiger charge is -2.33. The summed E-state index contributed by atoms with van der Waals surface area (Å²) in [4.78, 5) is 48.8. The van der Waals surface area contributed by atoms with E-state index in [-0.39, 0.29) is 6.03 Å². The van der Waals surface area contributed by atoms with Crippen LogP contribution < -0.4 is 36.0 Å². The fraction of sp³-hybridized carbons (Fsp3) is 0.309. The van der Waals surface area contributed by atoms with E-state index in [9.17, 15) is 35.9 Å². The summed E-state index contributed by atoms with van der Waals surface area (Å²) in [5.74, 6) is 1.80. The number of oxazole rings is 1. The van der Waals surface area contributed by atoms with Crippen molar-refractivity contribution < 1.29 is 40.3 Å². The van der Waals surface area contributed by atoms with E-state index in [1.54, 1.807) is 59.9 Å². The summed E-state index contributed by atoms with van der Waals surface area (Å²) in [6.07, 6.45) is 3.35. The van der Waals surface area contributed by atoms with Gasteiger partial charge in [0.25, 0.3) is 0 Å². The molecule has 0 saturated heterocycles. The van der Waals surface area contributed by atoms with E-state index >= 15 is 0 Å². The second-order valence-corrected chi connectivity index (χ2v) is 17.8. The number of carbonyl (C=O) groups is 2. The second kappa shape index (κ2) is 25.3. The molecule has 4 aromatic heterocycles. The Morgan fingerprint density at radius 3 is 1.92 bits per heavy atom. The number of aryl methyl sites for hydroxylation is 1. The van der Waals surface area contributed by atoms with Gasteiger partial charge >= 0.3 is 18.4 Å². The number of benzene rings is 3. The van der Waals surface area contributed by atoms with Crippen molar-refractivity contribution in [2.75, 3.05) is 83.6 Å². The summed E-state index contributed by atoms with van der Waals surface area (Å²) in [6, 6.07) is 26.3. The Morgan fingerprint density at radius 2 is 1.32 bits per heavy atom.